The molecule has 1 atom stereocenters. The average Bonchev–Trinajstić information content (AvgIpc) is 3.09. The highest BCUT2D eigenvalue weighted by Gasteiger charge is 2.23. The number of unbranched alkanes of at least 4 members (excludes halogenated alkanes) is 1. The van der Waals surface area contributed by atoms with Crippen LogP contribution in [0.5, 0.6) is 5.75 Å². The van der Waals surface area contributed by atoms with Crippen LogP contribution in [0.2, 0.25) is 0 Å². The zero-order chi connectivity index (χ0) is 19.5. The Hall–Kier alpha value is -2.93. The zero-order valence-corrected chi connectivity index (χ0v) is 16.3. The van der Waals surface area contributed by atoms with Gasteiger partial charge in [0.1, 0.15) is 5.75 Å². The maximum absolute atomic E-state index is 12.2. The molecule has 0 spiro atoms. The summed E-state index contributed by atoms with van der Waals surface area (Å²) in [5, 5.41) is 6.78. The Labute approximate surface area is 166 Å². The van der Waals surface area contributed by atoms with Crippen molar-refractivity contribution in [2.24, 2.45) is 0 Å². The third-order valence-corrected chi connectivity index (χ3v) is 5.67. The summed E-state index contributed by atoms with van der Waals surface area (Å²) in [4.78, 5) is 28.5. The molecule has 1 aliphatic heterocycles. The van der Waals surface area contributed by atoms with E-state index in [4.69, 9.17) is 4.74 Å². The van der Waals surface area contributed by atoms with Crippen molar-refractivity contribution in [3.63, 3.8) is 0 Å². The van der Waals surface area contributed by atoms with Gasteiger partial charge in [-0.25, -0.2) is 4.98 Å². The van der Waals surface area contributed by atoms with E-state index in [1.165, 1.54) is 4.70 Å². The Morgan fingerprint density at radius 2 is 2.11 bits per heavy atom. The fourth-order valence-electron chi connectivity index (χ4n) is 3.10. The fourth-order valence-corrected chi connectivity index (χ4v) is 4.11. The smallest absolute Gasteiger partial charge is 0.265 e. The lowest BCUT2D eigenvalue weighted by atomic mass is 10.1. The molecule has 3 aromatic rings. The van der Waals surface area contributed by atoms with Crippen molar-refractivity contribution in [1.82, 2.24) is 4.98 Å². The van der Waals surface area contributed by atoms with Crippen LogP contribution in [0.3, 0.4) is 0 Å². The maximum atomic E-state index is 12.2. The summed E-state index contributed by atoms with van der Waals surface area (Å²) >= 11 is 1.71. The predicted octanol–water partition coefficient (Wildman–Crippen LogP) is 4.37. The van der Waals surface area contributed by atoms with Crippen LogP contribution in [-0.2, 0) is 16.0 Å². The predicted molar refractivity (Wildman–Crippen MR) is 111 cm³/mol. The van der Waals surface area contributed by atoms with E-state index in [2.05, 4.69) is 21.7 Å². The number of carbonyl (C=O) groups is 2. The number of fused-ring (bicyclic) bond motifs is 2. The molecule has 6 nitrogen and oxygen atoms in total. The summed E-state index contributed by atoms with van der Waals surface area (Å²) in [7, 11) is 0. The molecule has 7 heteroatoms. The van der Waals surface area contributed by atoms with Gasteiger partial charge in [0.05, 0.1) is 20.9 Å². The summed E-state index contributed by atoms with van der Waals surface area (Å²) < 4.78 is 6.72. The van der Waals surface area contributed by atoms with Crippen molar-refractivity contribution >= 4 is 44.7 Å². The largest absolute Gasteiger partial charge is 0.479 e. The van der Waals surface area contributed by atoms with E-state index in [1.807, 2.05) is 18.2 Å². The molecule has 2 heterocycles. The summed E-state index contributed by atoms with van der Waals surface area (Å²) in [5.41, 5.74) is 2.27. The van der Waals surface area contributed by atoms with Gasteiger partial charge in [0.15, 0.2) is 6.10 Å². The van der Waals surface area contributed by atoms with Crippen LogP contribution in [0.15, 0.2) is 42.5 Å². The van der Waals surface area contributed by atoms with E-state index < -0.39 is 6.10 Å². The highest BCUT2D eigenvalue weighted by atomic mass is 32.1. The van der Waals surface area contributed by atoms with Gasteiger partial charge in [0, 0.05) is 12.1 Å². The topological polar surface area (TPSA) is 80.3 Å². The molecule has 4 rings (SSSR count). The first-order chi connectivity index (χ1) is 13.6. The molecule has 0 saturated heterocycles. The average molecular weight is 395 g/mol. The number of para-hydroxylation sites is 1. The number of anilines is 2. The number of thiazole rings is 1. The maximum Gasteiger partial charge on any atom is 0.265 e. The molecular weight excluding hydrogens is 374 g/mol. The third kappa shape index (κ3) is 4.14. The molecule has 144 valence electrons. The summed E-state index contributed by atoms with van der Waals surface area (Å²) in [5.74, 6) is 0.382. The molecule has 2 amide bonds. The highest BCUT2D eigenvalue weighted by Crippen LogP contribution is 2.32. The van der Waals surface area contributed by atoms with Gasteiger partial charge < -0.3 is 15.4 Å². The second-order valence-corrected chi connectivity index (χ2v) is 7.91. The van der Waals surface area contributed by atoms with Gasteiger partial charge in [-0.3, -0.25) is 9.59 Å². The number of hydrogen-bond donors (Lipinski definition) is 2. The van der Waals surface area contributed by atoms with Gasteiger partial charge in [0.2, 0.25) is 5.91 Å². The minimum Gasteiger partial charge on any atom is -0.479 e. The lowest BCUT2D eigenvalue weighted by Crippen LogP contribution is -2.34. The quantitative estimate of drug-likeness (QED) is 0.608. The second-order valence-electron chi connectivity index (χ2n) is 6.79. The first kappa shape index (κ1) is 18.4. The van der Waals surface area contributed by atoms with E-state index >= 15 is 0 Å². The van der Waals surface area contributed by atoms with E-state index in [9.17, 15) is 9.59 Å². The van der Waals surface area contributed by atoms with Crippen LogP contribution in [0.25, 0.3) is 10.2 Å². The Morgan fingerprint density at radius 1 is 1.25 bits per heavy atom. The summed E-state index contributed by atoms with van der Waals surface area (Å²) in [6.07, 6.45) is 2.53. The molecule has 0 aliphatic carbocycles. The SMILES string of the molecule is CC1Oc2ccc(NC(=O)CCCCc3nc4ccccc4s3)cc2NC1=O. The molecule has 1 aliphatic rings. The van der Waals surface area contributed by atoms with Gasteiger partial charge in [0.25, 0.3) is 5.91 Å². The van der Waals surface area contributed by atoms with Gasteiger partial charge in [-0.15, -0.1) is 11.3 Å². The Kier molecular flexibility index (Phi) is 5.25. The number of hydrogen-bond acceptors (Lipinski definition) is 5. The van der Waals surface area contributed by atoms with Crippen molar-refractivity contribution in [3.05, 3.63) is 47.5 Å². The Bertz CT molecular complexity index is 998. The third-order valence-electron chi connectivity index (χ3n) is 4.58. The van der Waals surface area contributed by atoms with Gasteiger partial charge in [-0.1, -0.05) is 12.1 Å². The van der Waals surface area contributed by atoms with Crippen LogP contribution < -0.4 is 15.4 Å². The van der Waals surface area contributed by atoms with Crippen LogP contribution in [0.4, 0.5) is 11.4 Å². The number of aromatic nitrogens is 1. The normalized spacial score (nSPS) is 15.6. The lowest BCUT2D eigenvalue weighted by molar-refractivity contribution is -0.122. The van der Waals surface area contributed by atoms with E-state index in [1.54, 1.807) is 36.5 Å². The van der Waals surface area contributed by atoms with Crippen LogP contribution in [0, 0.1) is 0 Å². The van der Waals surface area contributed by atoms with Crippen molar-refractivity contribution in [3.8, 4) is 5.75 Å². The van der Waals surface area contributed by atoms with Crippen molar-refractivity contribution in [2.45, 2.75) is 38.7 Å². The van der Waals surface area contributed by atoms with E-state index in [0.29, 0.717) is 23.5 Å². The lowest BCUT2D eigenvalue weighted by Gasteiger charge is -2.23. The number of amides is 2. The molecule has 1 aromatic heterocycles. The van der Waals surface area contributed by atoms with E-state index in [-0.39, 0.29) is 11.8 Å². The molecule has 0 saturated carbocycles. The Morgan fingerprint density at radius 3 is 2.96 bits per heavy atom. The van der Waals surface area contributed by atoms with Gasteiger partial charge >= 0.3 is 0 Å². The number of nitrogens with one attached hydrogen (secondary N) is 2. The van der Waals surface area contributed by atoms with Crippen LogP contribution in [0.1, 0.15) is 31.2 Å². The first-order valence-corrected chi connectivity index (χ1v) is 10.2. The standard InChI is InChI=1S/C21H21N3O3S/c1-13-21(26)24-16-12-14(10-11-17(16)27-13)22-19(25)8-4-5-9-20-23-15-6-2-3-7-18(15)28-20/h2-3,6-7,10-13H,4-5,8-9H2,1H3,(H,22,25)(H,24,26). The first-order valence-electron chi connectivity index (χ1n) is 9.34. The van der Waals surface area contributed by atoms with Crippen LogP contribution >= 0.6 is 11.3 Å². The highest BCUT2D eigenvalue weighted by molar-refractivity contribution is 7.18. The molecular formula is C21H21N3O3S. The monoisotopic (exact) mass is 395 g/mol. The zero-order valence-electron chi connectivity index (χ0n) is 15.5. The summed E-state index contributed by atoms with van der Waals surface area (Å²) in [6, 6.07) is 13.4. The number of benzene rings is 2. The second kappa shape index (κ2) is 7.98. The van der Waals surface area contributed by atoms with Gasteiger partial charge in [-0.05, 0) is 56.5 Å². The molecule has 2 N–H and O–H groups in total. The molecule has 1 unspecified atom stereocenters. The number of aryl methyl sites for hydroxylation is 1. The molecule has 2 aromatic carbocycles. The molecule has 0 bridgehead atoms. The Balaban J connectivity index is 1.25. The fraction of sp³-hybridized carbons (Fsp3) is 0.286. The number of ether oxygens (including phenoxy) is 1. The van der Waals surface area contributed by atoms with Crippen LogP contribution in [-0.4, -0.2) is 22.9 Å². The molecule has 0 radical (unpaired) electrons. The minimum absolute atomic E-state index is 0.0410. The van der Waals surface area contributed by atoms with Gasteiger partial charge in [-0.2, -0.15) is 0 Å². The van der Waals surface area contributed by atoms with Crippen molar-refractivity contribution in [2.75, 3.05) is 10.6 Å². The van der Waals surface area contributed by atoms with Crippen molar-refractivity contribution in [1.29, 1.82) is 0 Å². The summed E-state index contributed by atoms with van der Waals surface area (Å²) in [6.45, 7) is 1.70. The minimum atomic E-state index is -0.511. The number of nitrogens with zero attached hydrogens (tertiary/aromatic N) is 1. The molecule has 28 heavy (non-hydrogen) atoms. The molecule has 0 fully saturated rings. The van der Waals surface area contributed by atoms with Crippen molar-refractivity contribution < 1.29 is 14.3 Å². The number of carbonyl (C=O) groups excluding carboxylic acids is 2. The number of rotatable bonds is 6. The van der Waals surface area contributed by atoms with E-state index in [0.717, 1.165) is 29.8 Å².